The predicted octanol–water partition coefficient (Wildman–Crippen LogP) is 32.1. The van der Waals surface area contributed by atoms with E-state index in [1.54, 1.807) is 22.3 Å². The van der Waals surface area contributed by atoms with Crippen LogP contribution in [0.15, 0.2) is 120 Å². The fraction of sp³-hybridized carbons (Fsp3) is 0.543. The van der Waals surface area contributed by atoms with E-state index in [-0.39, 0.29) is 0 Å². The fourth-order valence-corrected chi connectivity index (χ4v) is 25.6. The summed E-state index contributed by atoms with van der Waals surface area (Å²) in [5.74, 6) is 0. The van der Waals surface area contributed by atoms with Gasteiger partial charge < -0.3 is 0 Å². The minimum absolute atomic E-state index is 0.468. The number of benzene rings is 4. The molecule has 2 aliphatic carbocycles. The molecule has 0 unspecified atom stereocenters. The van der Waals surface area contributed by atoms with Crippen molar-refractivity contribution in [1.82, 2.24) is 0 Å². The highest BCUT2D eigenvalue weighted by Gasteiger charge is 2.56. The second kappa shape index (κ2) is 37.9. The summed E-state index contributed by atoms with van der Waals surface area (Å²) in [6.45, 7) is 9.31. The zero-order chi connectivity index (χ0) is 67.2. The summed E-state index contributed by atoms with van der Waals surface area (Å²) in [7, 11) is 0. The van der Waals surface area contributed by atoms with Gasteiger partial charge >= 0.3 is 0 Å². The summed E-state index contributed by atoms with van der Waals surface area (Å²) in [6, 6.07) is 46.1. The summed E-state index contributed by atoms with van der Waals surface area (Å²) in [6.07, 6.45) is 59.6. The van der Waals surface area contributed by atoms with Crippen molar-refractivity contribution in [3.05, 3.63) is 187 Å². The molecule has 0 radical (unpaired) electrons. The molecule has 0 aliphatic heterocycles. The first-order valence-electron chi connectivity index (χ1n) is 40.5. The maximum absolute atomic E-state index is 2.61. The van der Waals surface area contributed by atoms with E-state index in [9.17, 15) is 0 Å². The molecule has 0 spiro atoms. The van der Waals surface area contributed by atoms with Gasteiger partial charge in [-0.15, -0.1) is 68.0 Å². The number of fused-ring (bicyclic) bond motifs is 13. The molecule has 0 saturated heterocycles. The van der Waals surface area contributed by atoms with Crippen LogP contribution < -0.4 is 0 Å². The Hall–Kier alpha value is -4.14. The minimum Gasteiger partial charge on any atom is -0.143 e. The molecule has 524 valence electrons. The third kappa shape index (κ3) is 16.9. The van der Waals surface area contributed by atoms with Crippen molar-refractivity contribution in [1.29, 1.82) is 0 Å². The molecule has 6 heteroatoms. The van der Waals surface area contributed by atoms with Crippen LogP contribution in [0.1, 0.15) is 351 Å². The second-order valence-corrected chi connectivity index (χ2v) is 36.1. The maximum Gasteiger partial charge on any atom is 0.0759 e. The van der Waals surface area contributed by atoms with Gasteiger partial charge in [-0.2, -0.15) is 0 Å². The normalized spacial score (nSPS) is 13.6. The highest BCUT2D eigenvalue weighted by atomic mass is 32.1. The number of unbranched alkanes of at least 4 members (excludes halogenated alkanes) is 36. The first-order chi connectivity index (χ1) is 48.5. The van der Waals surface area contributed by atoms with Gasteiger partial charge in [-0.25, -0.2) is 0 Å². The SMILES string of the molecule is CCCCCCCCCCCCc1ccc(C2(c3ccc(CCCCCCCCCCCC)cc3)c3c(sc4ccsc34)-c3sc4c5c(sc4c32)-c2sc3ccsc3c2C5(c2ccc(CCCCCCCCCCCC)cc2)c2ccc(CCCCCCCCCCCC)cc2)cc1. The molecular weight excluding hydrogens is 1300 g/mol. The Morgan fingerprint density at radius 3 is 0.653 bits per heavy atom. The zero-order valence-electron chi connectivity index (χ0n) is 61.1. The number of aryl methyl sites for hydroxylation is 4. The molecule has 6 aromatic heterocycles. The second-order valence-electron chi connectivity index (χ2n) is 30.1. The molecule has 2 aliphatic rings. The molecular formula is C92H120S6. The molecule has 0 fully saturated rings. The van der Waals surface area contributed by atoms with Crippen molar-refractivity contribution in [2.24, 2.45) is 0 Å². The third-order valence-corrected chi connectivity index (χ3v) is 30.2. The molecule has 6 heterocycles. The summed E-state index contributed by atoms with van der Waals surface area (Å²) < 4.78 is 8.91. The molecule has 0 saturated carbocycles. The van der Waals surface area contributed by atoms with Crippen LogP contribution in [0.25, 0.3) is 47.7 Å². The van der Waals surface area contributed by atoms with Crippen molar-refractivity contribution in [3.63, 3.8) is 0 Å². The lowest BCUT2D eigenvalue weighted by atomic mass is 9.67. The molecule has 4 aromatic carbocycles. The van der Waals surface area contributed by atoms with Crippen molar-refractivity contribution < 1.29 is 0 Å². The summed E-state index contributed by atoms with van der Waals surface area (Å²) in [5.41, 5.74) is 17.0. The van der Waals surface area contributed by atoms with Crippen LogP contribution in [-0.2, 0) is 36.5 Å². The standard InChI is InChI=1S/C92H120S6/c1-5-9-13-17-21-25-29-33-37-41-45-69-49-57-73(58-50-69)91(74-59-51-70(52-60-74)46-42-38-34-30-26-22-18-14-10-6-2)79-83-77(65-67-93-83)95-85(79)87-81(91)89-90(97-87)82-88(98-89)86-80(84-78(96-86)66-68-94-84)92(82,75-61-53-71(54-62-75)47-43-39-35-31-27-23-19-15-11-7-3)76-63-55-72(56-64-76)48-44-40-36-32-28-24-20-16-12-8-4/h49-68H,5-48H2,1-4H3. The van der Waals surface area contributed by atoms with Crippen LogP contribution in [0.5, 0.6) is 0 Å². The molecule has 10 aromatic rings. The van der Waals surface area contributed by atoms with Crippen molar-refractivity contribution in [3.8, 4) is 19.5 Å². The van der Waals surface area contributed by atoms with Crippen LogP contribution in [0.4, 0.5) is 0 Å². The van der Waals surface area contributed by atoms with Gasteiger partial charge in [0.25, 0.3) is 0 Å². The Labute approximate surface area is 618 Å². The maximum atomic E-state index is 2.61. The van der Waals surface area contributed by atoms with E-state index < -0.39 is 10.8 Å². The van der Waals surface area contributed by atoms with Gasteiger partial charge in [-0.3, -0.25) is 0 Å². The Balaban J connectivity index is 0.920. The molecule has 0 bridgehead atoms. The first-order valence-corrected chi connectivity index (χ1v) is 45.6. The van der Waals surface area contributed by atoms with Gasteiger partial charge in [-0.1, -0.05) is 356 Å². The molecule has 12 rings (SSSR count). The minimum atomic E-state index is -0.468. The monoisotopic (exact) mass is 1420 g/mol. The lowest BCUT2D eigenvalue weighted by molar-refractivity contribution is 0.556. The van der Waals surface area contributed by atoms with Gasteiger partial charge in [-0.05, 0) is 119 Å². The average molecular weight is 1420 g/mol. The van der Waals surface area contributed by atoms with Crippen molar-refractivity contribution in [2.75, 3.05) is 0 Å². The summed E-state index contributed by atoms with van der Waals surface area (Å²) in [5, 5.41) is 4.75. The molecule has 0 nitrogen and oxygen atoms in total. The van der Waals surface area contributed by atoms with Crippen LogP contribution in [-0.4, -0.2) is 0 Å². The number of hydrogen-bond donors (Lipinski definition) is 0. The van der Waals surface area contributed by atoms with Crippen molar-refractivity contribution in [2.45, 2.75) is 321 Å². The largest absolute Gasteiger partial charge is 0.143 e. The Bertz CT molecular complexity index is 3540. The highest BCUT2D eigenvalue weighted by Crippen LogP contribution is 2.72. The van der Waals surface area contributed by atoms with Crippen molar-refractivity contribution >= 4 is 96.2 Å². The van der Waals surface area contributed by atoms with Gasteiger partial charge in [0.15, 0.2) is 0 Å². The third-order valence-electron chi connectivity index (χ3n) is 22.8. The lowest BCUT2D eigenvalue weighted by Gasteiger charge is -2.34. The lowest BCUT2D eigenvalue weighted by Crippen LogP contribution is -2.29. The van der Waals surface area contributed by atoms with Crippen LogP contribution in [0.3, 0.4) is 0 Å². The van der Waals surface area contributed by atoms with E-state index in [0.717, 1.165) is 25.7 Å². The van der Waals surface area contributed by atoms with Crippen LogP contribution >= 0.6 is 68.0 Å². The van der Waals surface area contributed by atoms with E-state index >= 15 is 0 Å². The quantitative estimate of drug-likeness (QED) is 0.0334. The first kappa shape index (κ1) is 73.6. The highest BCUT2D eigenvalue weighted by molar-refractivity contribution is 7.37. The van der Waals surface area contributed by atoms with Gasteiger partial charge in [0, 0.05) is 31.7 Å². The van der Waals surface area contributed by atoms with E-state index in [2.05, 4.69) is 193 Å². The molecule has 0 amide bonds. The fourth-order valence-electron chi connectivity index (χ4n) is 17.3. The number of hydrogen-bond acceptors (Lipinski definition) is 6. The Morgan fingerprint density at radius 2 is 0.418 bits per heavy atom. The van der Waals surface area contributed by atoms with Gasteiger partial charge in [0.2, 0.25) is 0 Å². The average Bonchev–Trinajstić information content (AvgIpc) is 1.48. The summed E-state index contributed by atoms with van der Waals surface area (Å²) >= 11 is 12.5. The van der Waals surface area contributed by atoms with E-state index in [0.29, 0.717) is 0 Å². The van der Waals surface area contributed by atoms with E-state index in [4.69, 9.17) is 0 Å². The van der Waals surface area contributed by atoms with Crippen LogP contribution in [0.2, 0.25) is 0 Å². The zero-order valence-corrected chi connectivity index (χ0v) is 66.0. The Kier molecular flexibility index (Phi) is 28.4. The van der Waals surface area contributed by atoms with Crippen LogP contribution in [0, 0.1) is 0 Å². The molecule has 0 atom stereocenters. The Morgan fingerprint density at radius 1 is 0.214 bits per heavy atom. The summed E-state index contributed by atoms with van der Waals surface area (Å²) in [4.78, 5) is 6.06. The smallest absolute Gasteiger partial charge is 0.0759 e. The van der Waals surface area contributed by atoms with E-state index in [1.165, 1.54) is 349 Å². The van der Waals surface area contributed by atoms with Gasteiger partial charge in [0.1, 0.15) is 0 Å². The molecule has 98 heavy (non-hydrogen) atoms. The predicted molar refractivity (Wildman–Crippen MR) is 443 cm³/mol. The van der Waals surface area contributed by atoms with E-state index in [1.807, 2.05) is 22.7 Å². The topological polar surface area (TPSA) is 0 Å². The number of rotatable bonds is 48. The van der Waals surface area contributed by atoms with Gasteiger partial charge in [0.05, 0.1) is 49.1 Å². The number of thiophene rings is 6. The molecule has 0 N–H and O–H groups in total.